The van der Waals surface area contributed by atoms with Crippen LogP contribution in [0.2, 0.25) is 0 Å². The first kappa shape index (κ1) is 15.5. The summed E-state index contributed by atoms with van der Waals surface area (Å²) in [5.41, 5.74) is 6.45. The summed E-state index contributed by atoms with van der Waals surface area (Å²) < 4.78 is 0. The molecule has 0 aromatic carbocycles. The van der Waals surface area contributed by atoms with E-state index in [2.05, 4.69) is 20.5 Å². The third kappa shape index (κ3) is 4.57. The van der Waals surface area contributed by atoms with E-state index in [1.54, 1.807) is 12.4 Å². The van der Waals surface area contributed by atoms with Crippen molar-refractivity contribution < 1.29 is 4.79 Å². The maximum Gasteiger partial charge on any atom is 0.217 e. The van der Waals surface area contributed by atoms with Gasteiger partial charge in [-0.1, -0.05) is 11.3 Å². The van der Waals surface area contributed by atoms with E-state index in [1.807, 2.05) is 12.1 Å². The third-order valence-corrected chi connectivity index (χ3v) is 4.06. The number of unbranched alkanes of at least 4 members (excludes halogenated alkanes) is 1. The van der Waals surface area contributed by atoms with Crippen molar-refractivity contribution in [3.05, 3.63) is 29.5 Å². The Morgan fingerprint density at radius 2 is 2.29 bits per heavy atom. The van der Waals surface area contributed by atoms with Crippen LogP contribution in [0.25, 0.3) is 10.6 Å². The van der Waals surface area contributed by atoms with Crippen LogP contribution in [0.3, 0.4) is 0 Å². The highest BCUT2D eigenvalue weighted by atomic mass is 32.1. The van der Waals surface area contributed by atoms with E-state index in [9.17, 15) is 4.79 Å². The first-order valence-corrected chi connectivity index (χ1v) is 7.73. The van der Waals surface area contributed by atoms with Crippen LogP contribution in [-0.4, -0.2) is 27.6 Å². The molecule has 0 fully saturated rings. The van der Waals surface area contributed by atoms with Gasteiger partial charge in [0.2, 0.25) is 5.91 Å². The van der Waals surface area contributed by atoms with Crippen molar-refractivity contribution in [1.82, 2.24) is 20.5 Å². The van der Waals surface area contributed by atoms with Crippen molar-refractivity contribution in [2.75, 3.05) is 6.54 Å². The number of aromatic nitrogens is 3. The van der Waals surface area contributed by atoms with Gasteiger partial charge < -0.3 is 11.1 Å². The maximum absolute atomic E-state index is 11.3. The minimum Gasteiger partial charge on any atom is -0.347 e. The second kappa shape index (κ2) is 7.80. The highest BCUT2D eigenvalue weighted by molar-refractivity contribution is 7.14. The normalized spacial score (nSPS) is 12.1. The standard InChI is InChI=1S/C14H19N5OS/c1-10(20)17-12(6-2-3-7-15)14-19-18-13(21-14)11-5-4-8-16-9-11/h4-5,8-9,12H,2-3,6-7,15H2,1H3,(H,17,20). The van der Waals surface area contributed by atoms with Gasteiger partial charge in [0.15, 0.2) is 0 Å². The van der Waals surface area contributed by atoms with Gasteiger partial charge in [-0.05, 0) is 37.9 Å². The molecule has 1 amide bonds. The second-order valence-electron chi connectivity index (χ2n) is 4.72. The molecule has 0 spiro atoms. The fourth-order valence-electron chi connectivity index (χ4n) is 1.98. The zero-order valence-corrected chi connectivity index (χ0v) is 12.8. The van der Waals surface area contributed by atoms with Gasteiger partial charge in [-0.25, -0.2) is 0 Å². The van der Waals surface area contributed by atoms with Crippen molar-refractivity contribution in [3.8, 4) is 10.6 Å². The summed E-state index contributed by atoms with van der Waals surface area (Å²) in [7, 11) is 0. The summed E-state index contributed by atoms with van der Waals surface area (Å²) in [6, 6.07) is 3.71. The van der Waals surface area contributed by atoms with E-state index >= 15 is 0 Å². The second-order valence-corrected chi connectivity index (χ2v) is 5.73. The predicted molar refractivity (Wildman–Crippen MR) is 82.6 cm³/mol. The first-order chi connectivity index (χ1) is 10.2. The summed E-state index contributed by atoms with van der Waals surface area (Å²) in [4.78, 5) is 15.4. The van der Waals surface area contributed by atoms with Gasteiger partial charge in [0.1, 0.15) is 10.0 Å². The average molecular weight is 305 g/mol. The Balaban J connectivity index is 2.12. The first-order valence-electron chi connectivity index (χ1n) is 6.91. The molecule has 7 heteroatoms. The number of nitrogens with one attached hydrogen (secondary N) is 1. The quantitative estimate of drug-likeness (QED) is 0.762. The molecule has 2 rings (SSSR count). The molecule has 21 heavy (non-hydrogen) atoms. The number of hydrogen-bond donors (Lipinski definition) is 2. The van der Waals surface area contributed by atoms with Crippen LogP contribution < -0.4 is 11.1 Å². The number of nitrogens with zero attached hydrogens (tertiary/aromatic N) is 3. The van der Waals surface area contributed by atoms with Gasteiger partial charge in [-0.15, -0.1) is 10.2 Å². The lowest BCUT2D eigenvalue weighted by molar-refractivity contribution is -0.119. The van der Waals surface area contributed by atoms with E-state index in [1.165, 1.54) is 18.3 Å². The summed E-state index contributed by atoms with van der Waals surface area (Å²) >= 11 is 1.49. The Labute approximate surface area is 127 Å². The number of carbonyl (C=O) groups excluding carboxylic acids is 1. The van der Waals surface area contributed by atoms with Crippen molar-refractivity contribution >= 4 is 17.2 Å². The van der Waals surface area contributed by atoms with E-state index in [4.69, 9.17) is 5.73 Å². The number of rotatable bonds is 7. The van der Waals surface area contributed by atoms with Gasteiger partial charge >= 0.3 is 0 Å². The van der Waals surface area contributed by atoms with E-state index in [0.29, 0.717) is 6.54 Å². The monoisotopic (exact) mass is 305 g/mol. The molecule has 1 unspecified atom stereocenters. The topological polar surface area (TPSA) is 93.8 Å². The Morgan fingerprint density at radius 3 is 2.95 bits per heavy atom. The molecule has 0 aliphatic heterocycles. The van der Waals surface area contributed by atoms with Crippen LogP contribution in [0.5, 0.6) is 0 Å². The predicted octanol–water partition coefficient (Wildman–Crippen LogP) is 1.91. The molecule has 0 saturated carbocycles. The molecule has 0 aliphatic carbocycles. The number of carbonyl (C=O) groups is 1. The van der Waals surface area contributed by atoms with Crippen LogP contribution in [-0.2, 0) is 4.79 Å². The highest BCUT2D eigenvalue weighted by Gasteiger charge is 2.18. The average Bonchev–Trinajstić information content (AvgIpc) is 2.97. The number of nitrogens with two attached hydrogens (primary N) is 1. The molecule has 0 bridgehead atoms. The van der Waals surface area contributed by atoms with Crippen LogP contribution in [0.4, 0.5) is 0 Å². The zero-order chi connectivity index (χ0) is 15.1. The lowest BCUT2D eigenvalue weighted by Crippen LogP contribution is -2.26. The third-order valence-electron chi connectivity index (χ3n) is 2.97. The molecule has 0 saturated heterocycles. The lowest BCUT2D eigenvalue weighted by Gasteiger charge is -2.14. The fourth-order valence-corrected chi connectivity index (χ4v) is 2.90. The highest BCUT2D eigenvalue weighted by Crippen LogP contribution is 2.28. The molecule has 2 aromatic rings. The van der Waals surface area contributed by atoms with Crippen LogP contribution in [0.1, 0.15) is 37.2 Å². The molecule has 3 N–H and O–H groups in total. The number of hydrogen-bond acceptors (Lipinski definition) is 6. The molecule has 2 heterocycles. The van der Waals surface area contributed by atoms with Gasteiger partial charge in [0.05, 0.1) is 6.04 Å². The van der Waals surface area contributed by atoms with E-state index < -0.39 is 0 Å². The smallest absolute Gasteiger partial charge is 0.217 e. The lowest BCUT2D eigenvalue weighted by atomic mass is 10.1. The molecule has 6 nitrogen and oxygen atoms in total. The fraction of sp³-hybridized carbons (Fsp3) is 0.429. The van der Waals surface area contributed by atoms with Gasteiger partial charge in [-0.2, -0.15) is 0 Å². The summed E-state index contributed by atoms with van der Waals surface area (Å²) in [5.74, 6) is -0.0640. The maximum atomic E-state index is 11.3. The SMILES string of the molecule is CC(=O)NC(CCCCN)c1nnc(-c2cccnc2)s1. The zero-order valence-electron chi connectivity index (χ0n) is 12.0. The minimum absolute atomic E-state index is 0.0640. The van der Waals surface area contributed by atoms with E-state index in [0.717, 1.165) is 34.8 Å². The summed E-state index contributed by atoms with van der Waals surface area (Å²) in [5, 5.41) is 13.0. The Bertz CT molecular complexity index is 572. The van der Waals surface area contributed by atoms with E-state index in [-0.39, 0.29) is 11.9 Å². The van der Waals surface area contributed by atoms with Gasteiger partial charge in [-0.3, -0.25) is 9.78 Å². The van der Waals surface area contributed by atoms with Crippen molar-refractivity contribution in [2.45, 2.75) is 32.2 Å². The number of amides is 1. The summed E-state index contributed by atoms with van der Waals surface area (Å²) in [6.07, 6.45) is 6.18. The molecule has 2 aromatic heterocycles. The van der Waals surface area contributed by atoms with Crippen molar-refractivity contribution in [3.63, 3.8) is 0 Å². The Hall–Kier alpha value is -1.86. The molecule has 112 valence electrons. The van der Waals surface area contributed by atoms with Crippen LogP contribution in [0, 0.1) is 0 Å². The summed E-state index contributed by atoms with van der Waals surface area (Å²) in [6.45, 7) is 2.17. The minimum atomic E-state index is -0.100. The van der Waals surface area contributed by atoms with Crippen LogP contribution in [0.15, 0.2) is 24.5 Å². The van der Waals surface area contributed by atoms with Gasteiger partial charge in [0.25, 0.3) is 0 Å². The molecule has 1 atom stereocenters. The van der Waals surface area contributed by atoms with Crippen LogP contribution >= 0.6 is 11.3 Å². The molecular weight excluding hydrogens is 286 g/mol. The van der Waals surface area contributed by atoms with Gasteiger partial charge in [0, 0.05) is 24.9 Å². The number of pyridine rings is 1. The van der Waals surface area contributed by atoms with Crippen molar-refractivity contribution in [1.29, 1.82) is 0 Å². The largest absolute Gasteiger partial charge is 0.347 e. The van der Waals surface area contributed by atoms with Crippen molar-refractivity contribution in [2.24, 2.45) is 5.73 Å². The molecule has 0 aliphatic rings. The Morgan fingerprint density at radius 1 is 1.43 bits per heavy atom. The Kier molecular flexibility index (Phi) is 5.77. The molecule has 0 radical (unpaired) electrons. The molecular formula is C14H19N5OS.